The molecule has 0 aliphatic rings. The van der Waals surface area contributed by atoms with Crippen molar-refractivity contribution >= 4 is 27.5 Å². The summed E-state index contributed by atoms with van der Waals surface area (Å²) in [6.07, 6.45) is 1.10. The van der Waals surface area contributed by atoms with Gasteiger partial charge in [0.25, 0.3) is 0 Å². The summed E-state index contributed by atoms with van der Waals surface area (Å²) < 4.78 is 19.5. The smallest absolute Gasteiger partial charge is 0.223 e. The molecular weight excluding hydrogens is 321 g/mol. The quantitative estimate of drug-likeness (QED) is 0.753. The van der Waals surface area contributed by atoms with Crippen LogP contribution >= 0.6 is 27.5 Å². The average molecular weight is 331 g/mol. The van der Waals surface area contributed by atoms with Crippen molar-refractivity contribution < 1.29 is 9.13 Å². The summed E-state index contributed by atoms with van der Waals surface area (Å²) in [5.41, 5.74) is 1.63. The molecular formula is C13H10BrClFNO. The highest BCUT2D eigenvalue weighted by molar-refractivity contribution is 9.10. The second-order valence-electron chi connectivity index (χ2n) is 3.79. The van der Waals surface area contributed by atoms with E-state index in [9.17, 15) is 4.39 Å². The Morgan fingerprint density at radius 1 is 1.39 bits per heavy atom. The van der Waals surface area contributed by atoms with Crippen LogP contribution in [0.25, 0.3) is 0 Å². The Kier molecular flexibility index (Phi) is 4.19. The Bertz CT molecular complexity index is 577. The normalized spacial score (nSPS) is 10.4. The van der Waals surface area contributed by atoms with E-state index in [1.807, 2.05) is 25.1 Å². The third-order valence-electron chi connectivity index (χ3n) is 2.33. The van der Waals surface area contributed by atoms with Crippen LogP contribution in [0.4, 0.5) is 4.39 Å². The number of benzene rings is 1. The van der Waals surface area contributed by atoms with Crippen molar-refractivity contribution in [1.29, 1.82) is 0 Å². The zero-order valence-electron chi connectivity index (χ0n) is 9.58. The minimum absolute atomic E-state index is 0.142. The average Bonchev–Trinajstić information content (AvgIpc) is 2.34. The van der Waals surface area contributed by atoms with Gasteiger partial charge in [-0.3, -0.25) is 0 Å². The lowest BCUT2D eigenvalue weighted by atomic mass is 10.2. The lowest BCUT2D eigenvalue weighted by Crippen LogP contribution is -1.95. The maximum atomic E-state index is 13.0. The van der Waals surface area contributed by atoms with Gasteiger partial charge in [0.15, 0.2) is 0 Å². The molecule has 1 aromatic heterocycles. The van der Waals surface area contributed by atoms with Crippen LogP contribution in [-0.4, -0.2) is 4.98 Å². The minimum Gasteiger partial charge on any atom is -0.438 e. The highest BCUT2D eigenvalue weighted by atomic mass is 79.9. The number of pyridine rings is 1. The summed E-state index contributed by atoms with van der Waals surface area (Å²) >= 11 is 9.14. The van der Waals surface area contributed by atoms with Gasteiger partial charge in [-0.15, -0.1) is 11.6 Å². The second kappa shape index (κ2) is 5.67. The number of aryl methyl sites for hydroxylation is 1. The molecule has 18 heavy (non-hydrogen) atoms. The number of alkyl halides is 1. The summed E-state index contributed by atoms with van der Waals surface area (Å²) in [6, 6.07) is 6.99. The van der Waals surface area contributed by atoms with Crippen molar-refractivity contribution in [2.45, 2.75) is 12.8 Å². The molecule has 0 N–H and O–H groups in total. The Balaban J connectivity index is 2.33. The van der Waals surface area contributed by atoms with E-state index in [-0.39, 0.29) is 5.88 Å². The monoisotopic (exact) mass is 329 g/mol. The number of rotatable bonds is 3. The van der Waals surface area contributed by atoms with E-state index in [1.54, 1.807) is 0 Å². The van der Waals surface area contributed by atoms with Crippen molar-refractivity contribution in [2.24, 2.45) is 0 Å². The van der Waals surface area contributed by atoms with Gasteiger partial charge < -0.3 is 4.74 Å². The molecule has 0 spiro atoms. The Labute approximate surface area is 118 Å². The zero-order chi connectivity index (χ0) is 13.1. The van der Waals surface area contributed by atoms with Crippen LogP contribution in [-0.2, 0) is 5.88 Å². The van der Waals surface area contributed by atoms with Crippen molar-refractivity contribution in [1.82, 2.24) is 4.98 Å². The summed E-state index contributed by atoms with van der Waals surface area (Å²) in [5, 5.41) is 0. The van der Waals surface area contributed by atoms with E-state index in [0.717, 1.165) is 16.2 Å². The third-order valence-corrected chi connectivity index (χ3v) is 3.24. The topological polar surface area (TPSA) is 22.1 Å². The fourth-order valence-corrected chi connectivity index (χ4v) is 2.21. The van der Waals surface area contributed by atoms with E-state index < -0.39 is 5.82 Å². The molecule has 0 bridgehead atoms. The predicted octanol–water partition coefficient (Wildman–Crippen LogP) is 4.82. The van der Waals surface area contributed by atoms with Crippen LogP contribution in [0.3, 0.4) is 0 Å². The lowest BCUT2D eigenvalue weighted by Gasteiger charge is -2.10. The molecule has 0 atom stereocenters. The van der Waals surface area contributed by atoms with E-state index in [2.05, 4.69) is 20.9 Å². The standard InChI is InChI=1S/C13H10BrClFNO/c1-8-2-3-12(11(14)4-8)18-13-9(6-15)5-10(16)7-17-13/h2-5,7H,6H2,1H3. The number of halogens is 3. The van der Waals surface area contributed by atoms with Crippen LogP contribution in [0.2, 0.25) is 0 Å². The van der Waals surface area contributed by atoms with Crippen molar-refractivity contribution in [2.75, 3.05) is 0 Å². The third kappa shape index (κ3) is 3.00. The number of aromatic nitrogens is 1. The maximum absolute atomic E-state index is 13.0. The molecule has 0 unspecified atom stereocenters. The van der Waals surface area contributed by atoms with Crippen LogP contribution in [0, 0.1) is 12.7 Å². The number of nitrogens with zero attached hydrogens (tertiary/aromatic N) is 1. The molecule has 0 saturated carbocycles. The first-order chi connectivity index (χ1) is 8.60. The highest BCUT2D eigenvalue weighted by Crippen LogP contribution is 2.31. The molecule has 0 aliphatic heterocycles. The fraction of sp³-hybridized carbons (Fsp3) is 0.154. The number of ether oxygens (including phenoxy) is 1. The predicted molar refractivity (Wildman–Crippen MR) is 72.7 cm³/mol. The zero-order valence-corrected chi connectivity index (χ0v) is 11.9. The van der Waals surface area contributed by atoms with Crippen LogP contribution in [0.15, 0.2) is 34.9 Å². The van der Waals surface area contributed by atoms with Gasteiger partial charge in [-0.05, 0) is 46.6 Å². The minimum atomic E-state index is -0.430. The number of hydrogen-bond acceptors (Lipinski definition) is 2. The van der Waals surface area contributed by atoms with Crippen LogP contribution < -0.4 is 4.74 Å². The highest BCUT2D eigenvalue weighted by Gasteiger charge is 2.09. The summed E-state index contributed by atoms with van der Waals surface area (Å²) in [7, 11) is 0. The molecule has 94 valence electrons. The van der Waals surface area contributed by atoms with E-state index in [1.165, 1.54) is 6.07 Å². The maximum Gasteiger partial charge on any atom is 0.223 e. The SMILES string of the molecule is Cc1ccc(Oc2ncc(F)cc2CCl)c(Br)c1. The van der Waals surface area contributed by atoms with Crippen molar-refractivity contribution in [3.05, 3.63) is 51.9 Å². The van der Waals surface area contributed by atoms with Gasteiger partial charge in [-0.2, -0.15) is 0 Å². The summed E-state index contributed by atoms with van der Waals surface area (Å²) in [5.74, 6) is 0.645. The van der Waals surface area contributed by atoms with Gasteiger partial charge >= 0.3 is 0 Å². The first-order valence-corrected chi connectivity index (χ1v) is 6.57. The second-order valence-corrected chi connectivity index (χ2v) is 4.91. The van der Waals surface area contributed by atoms with Crippen molar-refractivity contribution in [3.63, 3.8) is 0 Å². The van der Waals surface area contributed by atoms with E-state index in [0.29, 0.717) is 17.2 Å². The molecule has 0 amide bonds. The molecule has 1 aromatic carbocycles. The Hall–Kier alpha value is -1.13. The van der Waals surface area contributed by atoms with Gasteiger partial charge in [0.2, 0.25) is 5.88 Å². The molecule has 1 heterocycles. The molecule has 0 radical (unpaired) electrons. The lowest BCUT2D eigenvalue weighted by molar-refractivity contribution is 0.451. The molecule has 0 saturated heterocycles. The van der Waals surface area contributed by atoms with E-state index in [4.69, 9.17) is 16.3 Å². The van der Waals surface area contributed by atoms with Crippen LogP contribution in [0.1, 0.15) is 11.1 Å². The van der Waals surface area contributed by atoms with Crippen molar-refractivity contribution in [3.8, 4) is 11.6 Å². The first-order valence-electron chi connectivity index (χ1n) is 5.24. The Morgan fingerprint density at radius 3 is 2.83 bits per heavy atom. The van der Waals surface area contributed by atoms with Crippen LogP contribution in [0.5, 0.6) is 11.6 Å². The molecule has 2 aromatic rings. The molecule has 2 nitrogen and oxygen atoms in total. The summed E-state index contributed by atoms with van der Waals surface area (Å²) in [4.78, 5) is 3.91. The summed E-state index contributed by atoms with van der Waals surface area (Å²) in [6.45, 7) is 1.98. The van der Waals surface area contributed by atoms with Gasteiger partial charge in [0.05, 0.1) is 16.5 Å². The number of hydrogen-bond donors (Lipinski definition) is 0. The molecule has 0 fully saturated rings. The largest absolute Gasteiger partial charge is 0.438 e. The van der Waals surface area contributed by atoms with Gasteiger partial charge in [0.1, 0.15) is 11.6 Å². The Morgan fingerprint density at radius 2 is 2.17 bits per heavy atom. The van der Waals surface area contributed by atoms with Gasteiger partial charge in [0, 0.05) is 5.56 Å². The first kappa shape index (κ1) is 13.3. The molecule has 0 aliphatic carbocycles. The van der Waals surface area contributed by atoms with Gasteiger partial charge in [-0.1, -0.05) is 6.07 Å². The molecule has 2 rings (SSSR count). The molecule has 5 heteroatoms. The van der Waals surface area contributed by atoms with E-state index >= 15 is 0 Å². The van der Waals surface area contributed by atoms with Gasteiger partial charge in [-0.25, -0.2) is 9.37 Å². The fourth-order valence-electron chi connectivity index (χ4n) is 1.45.